The molecule has 0 aromatic heterocycles. The van der Waals surface area contributed by atoms with E-state index in [0.717, 1.165) is 6.42 Å². The predicted octanol–water partition coefficient (Wildman–Crippen LogP) is 2.39. The monoisotopic (exact) mass is 302 g/mol. The number of fused-ring (bicyclic) bond motifs is 1. The Kier molecular flexibility index (Phi) is 4.59. The Labute approximate surface area is 132 Å². The highest BCUT2D eigenvalue weighted by molar-refractivity contribution is 5.86. The molecule has 0 fully saturated rings. The minimum Gasteiger partial charge on any atom is -0.345 e. The molecule has 120 valence electrons. The van der Waals surface area contributed by atoms with Gasteiger partial charge in [0.25, 0.3) is 0 Å². The smallest absolute Gasteiger partial charge is 0.245 e. The molecule has 0 saturated heterocycles. The molecule has 2 rings (SSSR count). The van der Waals surface area contributed by atoms with Crippen LogP contribution in [-0.2, 0) is 28.0 Å². The van der Waals surface area contributed by atoms with Crippen molar-refractivity contribution in [1.82, 2.24) is 10.2 Å². The van der Waals surface area contributed by atoms with Gasteiger partial charge in [0.1, 0.15) is 6.04 Å². The van der Waals surface area contributed by atoms with Gasteiger partial charge in [-0.05, 0) is 35.4 Å². The molecule has 1 aromatic carbocycles. The second-order valence-electron chi connectivity index (χ2n) is 7.17. The largest absolute Gasteiger partial charge is 0.345 e. The first-order valence-electron chi connectivity index (χ1n) is 7.86. The zero-order valence-electron chi connectivity index (χ0n) is 14.2. The van der Waals surface area contributed by atoms with E-state index in [1.165, 1.54) is 23.6 Å². The molecule has 0 radical (unpaired) electrons. The van der Waals surface area contributed by atoms with Crippen LogP contribution in [0, 0.1) is 0 Å². The maximum absolute atomic E-state index is 12.4. The molecule has 4 nitrogen and oxygen atoms in total. The minimum absolute atomic E-state index is 0.0120. The number of rotatable bonds is 2. The van der Waals surface area contributed by atoms with E-state index < -0.39 is 6.04 Å². The summed E-state index contributed by atoms with van der Waals surface area (Å²) in [7, 11) is 0. The Morgan fingerprint density at radius 3 is 2.50 bits per heavy atom. The van der Waals surface area contributed by atoms with E-state index in [9.17, 15) is 9.59 Å². The van der Waals surface area contributed by atoms with Gasteiger partial charge in [0.2, 0.25) is 11.8 Å². The van der Waals surface area contributed by atoms with Crippen LogP contribution in [0.2, 0.25) is 0 Å². The summed E-state index contributed by atoms with van der Waals surface area (Å²) in [6, 6.07) is 6.13. The Hall–Kier alpha value is -1.84. The average Bonchev–Trinajstić information content (AvgIpc) is 2.43. The van der Waals surface area contributed by atoms with E-state index in [2.05, 4.69) is 44.3 Å². The molecule has 22 heavy (non-hydrogen) atoms. The lowest BCUT2D eigenvalue weighted by Crippen LogP contribution is -2.47. The van der Waals surface area contributed by atoms with E-state index in [1.807, 2.05) is 4.90 Å². The van der Waals surface area contributed by atoms with Crippen LogP contribution in [0.25, 0.3) is 0 Å². The molecule has 2 amide bonds. The number of hydrogen-bond acceptors (Lipinski definition) is 2. The molecule has 0 unspecified atom stereocenters. The fraction of sp³-hybridized carbons (Fsp3) is 0.556. The standard InChI is InChI=1S/C18H26N2O2/c1-12(19-13(2)21)17(22)20-9-8-14-6-7-16(18(3,4)5)10-15(14)11-20/h6-7,10,12H,8-9,11H2,1-5H3,(H,19,21)/t12-/m0/s1. The Morgan fingerprint density at radius 2 is 1.91 bits per heavy atom. The number of hydrogen-bond donors (Lipinski definition) is 1. The highest BCUT2D eigenvalue weighted by atomic mass is 16.2. The summed E-state index contributed by atoms with van der Waals surface area (Å²) in [5.41, 5.74) is 3.94. The van der Waals surface area contributed by atoms with Crippen LogP contribution < -0.4 is 5.32 Å². The van der Waals surface area contributed by atoms with Gasteiger partial charge in [-0.1, -0.05) is 39.0 Å². The molecular formula is C18H26N2O2. The van der Waals surface area contributed by atoms with E-state index in [4.69, 9.17) is 0 Å². The molecule has 0 bridgehead atoms. The number of amides is 2. The fourth-order valence-electron chi connectivity index (χ4n) is 2.85. The third kappa shape index (κ3) is 3.67. The van der Waals surface area contributed by atoms with Crippen molar-refractivity contribution in [3.05, 3.63) is 34.9 Å². The van der Waals surface area contributed by atoms with E-state index in [-0.39, 0.29) is 17.2 Å². The molecular weight excluding hydrogens is 276 g/mol. The molecule has 0 spiro atoms. The van der Waals surface area contributed by atoms with Crippen LogP contribution >= 0.6 is 0 Å². The van der Waals surface area contributed by atoms with Gasteiger partial charge < -0.3 is 10.2 Å². The van der Waals surface area contributed by atoms with Gasteiger partial charge in [-0.25, -0.2) is 0 Å². The Morgan fingerprint density at radius 1 is 1.23 bits per heavy atom. The van der Waals surface area contributed by atoms with Crippen molar-refractivity contribution in [3.8, 4) is 0 Å². The molecule has 1 heterocycles. The van der Waals surface area contributed by atoms with Gasteiger partial charge in [-0.2, -0.15) is 0 Å². The molecule has 1 atom stereocenters. The maximum Gasteiger partial charge on any atom is 0.245 e. The lowest BCUT2D eigenvalue weighted by Gasteiger charge is -2.32. The van der Waals surface area contributed by atoms with Crippen LogP contribution in [0.4, 0.5) is 0 Å². The molecule has 1 aliphatic rings. The van der Waals surface area contributed by atoms with Crippen LogP contribution in [0.3, 0.4) is 0 Å². The van der Waals surface area contributed by atoms with Crippen molar-refractivity contribution in [2.45, 2.75) is 59.0 Å². The second-order valence-corrected chi connectivity index (χ2v) is 7.17. The predicted molar refractivity (Wildman–Crippen MR) is 87.5 cm³/mol. The molecule has 0 aliphatic carbocycles. The highest BCUT2D eigenvalue weighted by Gasteiger charge is 2.26. The lowest BCUT2D eigenvalue weighted by atomic mass is 9.84. The first-order valence-corrected chi connectivity index (χ1v) is 7.86. The summed E-state index contributed by atoms with van der Waals surface area (Å²) >= 11 is 0. The number of carbonyl (C=O) groups excluding carboxylic acids is 2. The van der Waals surface area contributed by atoms with Crippen LogP contribution in [0.5, 0.6) is 0 Å². The van der Waals surface area contributed by atoms with Crippen LogP contribution in [-0.4, -0.2) is 29.3 Å². The van der Waals surface area contributed by atoms with Crippen molar-refractivity contribution >= 4 is 11.8 Å². The van der Waals surface area contributed by atoms with Crippen molar-refractivity contribution in [2.75, 3.05) is 6.54 Å². The summed E-state index contributed by atoms with van der Waals surface area (Å²) in [5, 5.41) is 2.67. The summed E-state index contributed by atoms with van der Waals surface area (Å²) in [5.74, 6) is -0.185. The summed E-state index contributed by atoms with van der Waals surface area (Å²) in [4.78, 5) is 25.4. The normalized spacial score (nSPS) is 16.0. The average molecular weight is 302 g/mol. The topological polar surface area (TPSA) is 49.4 Å². The van der Waals surface area contributed by atoms with Crippen LogP contribution in [0.15, 0.2) is 18.2 Å². The molecule has 4 heteroatoms. The summed E-state index contributed by atoms with van der Waals surface area (Å²) in [6.07, 6.45) is 0.873. The SMILES string of the molecule is CC(=O)N[C@@H](C)C(=O)N1CCc2ccc(C(C)(C)C)cc2C1. The van der Waals surface area contributed by atoms with Gasteiger partial charge in [0.05, 0.1) is 0 Å². The van der Waals surface area contributed by atoms with Gasteiger partial charge in [-0.3, -0.25) is 9.59 Å². The Bertz CT molecular complexity index is 587. The van der Waals surface area contributed by atoms with Crippen molar-refractivity contribution in [2.24, 2.45) is 0 Å². The van der Waals surface area contributed by atoms with E-state index in [1.54, 1.807) is 6.92 Å². The van der Waals surface area contributed by atoms with E-state index in [0.29, 0.717) is 13.1 Å². The molecule has 1 N–H and O–H groups in total. The molecule has 0 saturated carbocycles. The van der Waals surface area contributed by atoms with Crippen molar-refractivity contribution in [1.29, 1.82) is 0 Å². The quantitative estimate of drug-likeness (QED) is 0.912. The van der Waals surface area contributed by atoms with Crippen molar-refractivity contribution < 1.29 is 9.59 Å². The number of nitrogens with zero attached hydrogens (tertiary/aromatic N) is 1. The number of benzene rings is 1. The zero-order chi connectivity index (χ0) is 16.5. The third-order valence-corrected chi connectivity index (χ3v) is 4.19. The lowest BCUT2D eigenvalue weighted by molar-refractivity contribution is -0.136. The van der Waals surface area contributed by atoms with Gasteiger partial charge in [0, 0.05) is 20.0 Å². The number of nitrogens with one attached hydrogen (secondary N) is 1. The van der Waals surface area contributed by atoms with Gasteiger partial charge >= 0.3 is 0 Å². The number of carbonyl (C=O) groups is 2. The minimum atomic E-state index is -0.468. The van der Waals surface area contributed by atoms with Crippen molar-refractivity contribution in [3.63, 3.8) is 0 Å². The Balaban J connectivity index is 2.16. The highest BCUT2D eigenvalue weighted by Crippen LogP contribution is 2.27. The van der Waals surface area contributed by atoms with Crippen LogP contribution in [0.1, 0.15) is 51.3 Å². The summed E-state index contributed by atoms with van der Waals surface area (Å²) in [6.45, 7) is 11.1. The van der Waals surface area contributed by atoms with Gasteiger partial charge in [-0.15, -0.1) is 0 Å². The maximum atomic E-state index is 12.4. The second kappa shape index (κ2) is 6.11. The summed E-state index contributed by atoms with van der Waals surface area (Å²) < 4.78 is 0. The third-order valence-electron chi connectivity index (χ3n) is 4.19. The fourth-order valence-corrected chi connectivity index (χ4v) is 2.85. The van der Waals surface area contributed by atoms with E-state index >= 15 is 0 Å². The molecule has 1 aromatic rings. The van der Waals surface area contributed by atoms with Gasteiger partial charge in [0.15, 0.2) is 0 Å². The first-order chi connectivity index (χ1) is 10.2. The zero-order valence-corrected chi connectivity index (χ0v) is 14.2. The molecule has 1 aliphatic heterocycles. The first kappa shape index (κ1) is 16.5.